The van der Waals surface area contributed by atoms with Gasteiger partial charge in [-0.25, -0.2) is 4.52 Å². The number of methoxy groups -OCH3 is 1. The molecular formula is C25H25F3N6O2. The molecule has 0 radical (unpaired) electrons. The highest BCUT2D eigenvalue weighted by Crippen LogP contribution is 2.36. The van der Waals surface area contributed by atoms with E-state index in [0.717, 1.165) is 27.9 Å². The monoisotopic (exact) mass is 498 g/mol. The van der Waals surface area contributed by atoms with Crippen LogP contribution in [0.25, 0.3) is 16.6 Å². The van der Waals surface area contributed by atoms with Crippen LogP contribution >= 0.6 is 0 Å². The van der Waals surface area contributed by atoms with Gasteiger partial charge in [0.25, 0.3) is 5.91 Å². The molecule has 3 aromatic rings. The lowest BCUT2D eigenvalue weighted by Gasteiger charge is -2.36. The molecule has 1 saturated heterocycles. The van der Waals surface area contributed by atoms with Crippen LogP contribution in [0.3, 0.4) is 0 Å². The first-order valence-corrected chi connectivity index (χ1v) is 11.7. The quantitative estimate of drug-likeness (QED) is 0.503. The summed E-state index contributed by atoms with van der Waals surface area (Å²) in [6.45, 7) is 1.34. The molecule has 5 rings (SSSR count). The molecular weight excluding hydrogens is 473 g/mol. The predicted molar refractivity (Wildman–Crippen MR) is 127 cm³/mol. The summed E-state index contributed by atoms with van der Waals surface area (Å²) in [5, 5.41) is 13.5. The number of aromatic nitrogens is 2. The molecule has 0 aliphatic carbocycles. The fourth-order valence-corrected chi connectivity index (χ4v) is 4.98. The third-order valence-electron chi connectivity index (χ3n) is 6.77. The van der Waals surface area contributed by atoms with Crippen molar-refractivity contribution >= 4 is 17.1 Å². The van der Waals surface area contributed by atoms with Crippen molar-refractivity contribution in [3.05, 3.63) is 47.8 Å². The second kappa shape index (κ2) is 9.35. The van der Waals surface area contributed by atoms with Crippen LogP contribution in [0, 0.1) is 11.3 Å². The summed E-state index contributed by atoms with van der Waals surface area (Å²) in [5.74, 6) is 0.254. The van der Waals surface area contributed by atoms with Crippen LogP contribution in [0.5, 0.6) is 5.75 Å². The highest BCUT2D eigenvalue weighted by atomic mass is 19.4. The molecule has 1 amide bonds. The van der Waals surface area contributed by atoms with E-state index >= 15 is 0 Å². The Balaban J connectivity index is 1.40. The highest BCUT2D eigenvalue weighted by molar-refractivity contribution is 6.01. The molecule has 2 aliphatic heterocycles. The maximum Gasteiger partial charge on any atom is 0.401 e. The normalized spacial score (nSPS) is 16.8. The van der Waals surface area contributed by atoms with E-state index in [4.69, 9.17) is 10.00 Å². The van der Waals surface area contributed by atoms with Crippen LogP contribution in [0.2, 0.25) is 0 Å². The lowest BCUT2D eigenvalue weighted by molar-refractivity contribution is -0.146. The van der Waals surface area contributed by atoms with Crippen LogP contribution in [0.1, 0.15) is 15.9 Å². The maximum absolute atomic E-state index is 12.9. The smallest absolute Gasteiger partial charge is 0.401 e. The Hall–Kier alpha value is -3.78. The fourth-order valence-electron chi connectivity index (χ4n) is 4.98. The number of piperazine rings is 1. The molecule has 0 atom stereocenters. The Morgan fingerprint density at radius 1 is 1.14 bits per heavy atom. The minimum absolute atomic E-state index is 0.0386. The van der Waals surface area contributed by atoms with E-state index in [9.17, 15) is 18.0 Å². The molecule has 2 aliphatic rings. The minimum Gasteiger partial charge on any atom is -0.496 e. The van der Waals surface area contributed by atoms with Crippen molar-refractivity contribution in [2.45, 2.75) is 12.6 Å². The fraction of sp³-hybridized carbons (Fsp3) is 0.400. The van der Waals surface area contributed by atoms with Gasteiger partial charge in [0.15, 0.2) is 0 Å². The van der Waals surface area contributed by atoms with Gasteiger partial charge in [0.2, 0.25) is 0 Å². The van der Waals surface area contributed by atoms with Crippen molar-refractivity contribution in [1.82, 2.24) is 19.4 Å². The molecule has 0 unspecified atom stereocenters. The molecule has 4 heterocycles. The van der Waals surface area contributed by atoms with Crippen LogP contribution in [-0.2, 0) is 6.42 Å². The van der Waals surface area contributed by atoms with Gasteiger partial charge in [0, 0.05) is 38.3 Å². The summed E-state index contributed by atoms with van der Waals surface area (Å²) in [5.41, 5.74) is 4.88. The zero-order valence-electron chi connectivity index (χ0n) is 19.8. The number of hydrogen-bond donors (Lipinski definition) is 0. The van der Waals surface area contributed by atoms with E-state index < -0.39 is 12.7 Å². The Morgan fingerprint density at radius 2 is 1.92 bits per heavy atom. The summed E-state index contributed by atoms with van der Waals surface area (Å²) >= 11 is 0. The highest BCUT2D eigenvalue weighted by Gasteiger charge is 2.32. The number of rotatable bonds is 5. The topological polar surface area (TPSA) is 77.1 Å². The third kappa shape index (κ3) is 4.56. The van der Waals surface area contributed by atoms with Gasteiger partial charge < -0.3 is 14.5 Å². The number of nitriles is 1. The number of hydrogen-bond acceptors (Lipinski definition) is 6. The Morgan fingerprint density at radius 3 is 2.61 bits per heavy atom. The summed E-state index contributed by atoms with van der Waals surface area (Å²) in [6.07, 6.45) is 0.0806. The average molecular weight is 499 g/mol. The minimum atomic E-state index is -4.19. The largest absolute Gasteiger partial charge is 0.496 e. The second-order valence-electron chi connectivity index (χ2n) is 9.00. The van der Waals surface area contributed by atoms with Gasteiger partial charge in [-0.1, -0.05) is 0 Å². The SMILES string of the molecule is COc1cc(-c2cnn3cc(N4CCN(CC(F)(F)F)CC4)ccc23)cc2c1C(=O)N(CC#N)CC2. The maximum atomic E-state index is 12.9. The van der Waals surface area contributed by atoms with Crippen molar-refractivity contribution in [1.29, 1.82) is 5.26 Å². The number of anilines is 1. The molecule has 8 nitrogen and oxygen atoms in total. The number of benzene rings is 1. The second-order valence-corrected chi connectivity index (χ2v) is 9.00. The molecule has 0 N–H and O–H groups in total. The molecule has 36 heavy (non-hydrogen) atoms. The summed E-state index contributed by atoms with van der Waals surface area (Å²) in [6, 6.07) is 9.73. The molecule has 0 bridgehead atoms. The number of carbonyl (C=O) groups is 1. The van der Waals surface area contributed by atoms with E-state index in [2.05, 4.69) is 10.00 Å². The van der Waals surface area contributed by atoms with Crippen molar-refractivity contribution in [2.75, 3.05) is 57.8 Å². The van der Waals surface area contributed by atoms with Crippen molar-refractivity contribution < 1.29 is 22.7 Å². The predicted octanol–water partition coefficient (Wildman–Crippen LogP) is 3.22. The van der Waals surface area contributed by atoms with Gasteiger partial charge in [-0.3, -0.25) is 9.69 Å². The lowest BCUT2D eigenvalue weighted by atomic mass is 9.93. The molecule has 188 valence electrons. The standard InChI is InChI=1S/C25H25F3N6O2/c1-36-22-13-18(12-17-4-6-33(7-5-29)24(35)23(17)22)20-14-30-34-15-19(2-3-21(20)34)32-10-8-31(9-11-32)16-25(26,27)28/h2-3,12-15H,4,6-11,16H2,1H3. The van der Waals surface area contributed by atoms with Crippen molar-refractivity contribution in [3.63, 3.8) is 0 Å². The van der Waals surface area contributed by atoms with E-state index in [0.29, 0.717) is 50.5 Å². The van der Waals surface area contributed by atoms with Crippen LogP contribution in [0.15, 0.2) is 36.7 Å². The van der Waals surface area contributed by atoms with E-state index in [1.54, 1.807) is 10.7 Å². The first-order valence-electron chi connectivity index (χ1n) is 11.7. The average Bonchev–Trinajstić information content (AvgIpc) is 3.28. The van der Waals surface area contributed by atoms with E-state index in [-0.39, 0.29) is 12.5 Å². The third-order valence-corrected chi connectivity index (χ3v) is 6.77. The zero-order valence-corrected chi connectivity index (χ0v) is 19.8. The summed E-state index contributed by atoms with van der Waals surface area (Å²) in [7, 11) is 1.52. The number of alkyl halides is 3. The number of ether oxygens (including phenoxy) is 1. The van der Waals surface area contributed by atoms with Crippen molar-refractivity contribution in [3.8, 4) is 22.9 Å². The Labute approximate surface area is 206 Å². The molecule has 0 saturated carbocycles. The van der Waals surface area contributed by atoms with Crippen LogP contribution < -0.4 is 9.64 Å². The Kier molecular flexibility index (Phi) is 6.22. The molecule has 2 aromatic heterocycles. The number of fused-ring (bicyclic) bond motifs is 2. The van der Waals surface area contributed by atoms with E-state index in [1.807, 2.05) is 36.5 Å². The van der Waals surface area contributed by atoms with Gasteiger partial charge in [0.1, 0.15) is 12.3 Å². The molecule has 11 heteroatoms. The Bertz CT molecular complexity index is 1320. The lowest BCUT2D eigenvalue weighted by Crippen LogP contribution is -2.49. The van der Waals surface area contributed by atoms with Crippen LogP contribution in [0.4, 0.5) is 18.9 Å². The van der Waals surface area contributed by atoms with Gasteiger partial charge in [-0.15, -0.1) is 0 Å². The number of nitrogens with zero attached hydrogens (tertiary/aromatic N) is 6. The molecule has 1 fully saturated rings. The molecule has 0 spiro atoms. The zero-order chi connectivity index (χ0) is 25.4. The first kappa shape index (κ1) is 23.9. The van der Waals surface area contributed by atoms with Crippen LogP contribution in [-0.4, -0.2) is 84.4 Å². The number of carbonyl (C=O) groups excluding carboxylic acids is 1. The molecule has 1 aromatic carbocycles. The number of amides is 1. The number of pyridine rings is 1. The van der Waals surface area contributed by atoms with Gasteiger partial charge in [0.05, 0.1) is 48.9 Å². The summed E-state index contributed by atoms with van der Waals surface area (Å²) in [4.78, 5) is 17.9. The summed E-state index contributed by atoms with van der Waals surface area (Å²) < 4.78 is 45.4. The van der Waals surface area contributed by atoms with Gasteiger partial charge >= 0.3 is 6.18 Å². The van der Waals surface area contributed by atoms with E-state index in [1.165, 1.54) is 16.9 Å². The van der Waals surface area contributed by atoms with Gasteiger partial charge in [-0.05, 0) is 41.8 Å². The van der Waals surface area contributed by atoms with Crippen molar-refractivity contribution in [2.24, 2.45) is 0 Å². The first-order chi connectivity index (χ1) is 17.3. The van der Waals surface area contributed by atoms with Gasteiger partial charge in [-0.2, -0.15) is 23.5 Å². The number of halogens is 3.